The standard InChI is InChI=1S/C23H24ClFN4O5S/c1-27(15-17-10-9-16(14-19(17)25)22-26-11-13-29(22)23(31)32)21(30)8-5-12-28(2)35(33,34)20-7-4-3-6-18(20)24/h3-10,14H,11-13,15H2,1-2H3,(H,31,32)/b8-5+. The van der Waals surface area contributed by atoms with Gasteiger partial charge in [0.25, 0.3) is 0 Å². The van der Waals surface area contributed by atoms with E-state index in [1.165, 1.54) is 55.4 Å². The lowest BCUT2D eigenvalue weighted by molar-refractivity contribution is -0.125. The summed E-state index contributed by atoms with van der Waals surface area (Å²) in [7, 11) is -0.984. The molecule has 0 radical (unpaired) electrons. The minimum absolute atomic E-state index is 0.0324. The maximum atomic E-state index is 14.7. The van der Waals surface area contributed by atoms with Gasteiger partial charge in [-0.25, -0.2) is 17.6 Å². The van der Waals surface area contributed by atoms with Crippen LogP contribution in [0.1, 0.15) is 11.1 Å². The fourth-order valence-electron chi connectivity index (χ4n) is 3.38. The van der Waals surface area contributed by atoms with Gasteiger partial charge in [0, 0.05) is 44.4 Å². The largest absolute Gasteiger partial charge is 0.465 e. The molecule has 0 saturated heterocycles. The van der Waals surface area contributed by atoms with Crippen LogP contribution in [-0.4, -0.2) is 79.2 Å². The Bertz CT molecular complexity index is 1300. The summed E-state index contributed by atoms with van der Waals surface area (Å²) in [6.07, 6.45) is 1.45. The average molecular weight is 523 g/mol. The number of sulfonamides is 1. The number of amidine groups is 1. The topological polar surface area (TPSA) is 111 Å². The lowest BCUT2D eigenvalue weighted by atomic mass is 10.1. The van der Waals surface area contributed by atoms with E-state index in [-0.39, 0.29) is 41.0 Å². The van der Waals surface area contributed by atoms with Gasteiger partial charge in [-0.3, -0.25) is 14.7 Å². The van der Waals surface area contributed by atoms with Crippen LogP contribution in [0.4, 0.5) is 9.18 Å². The fourth-order valence-corrected chi connectivity index (χ4v) is 4.99. The molecule has 1 heterocycles. The Morgan fingerprint density at radius 3 is 2.60 bits per heavy atom. The number of hydrogen-bond donors (Lipinski definition) is 1. The highest BCUT2D eigenvalue weighted by Crippen LogP contribution is 2.23. The third kappa shape index (κ3) is 6.05. The van der Waals surface area contributed by atoms with Gasteiger partial charge in [-0.2, -0.15) is 4.31 Å². The minimum Gasteiger partial charge on any atom is -0.465 e. The third-order valence-corrected chi connectivity index (χ3v) is 7.64. The molecule has 0 spiro atoms. The average Bonchev–Trinajstić information content (AvgIpc) is 3.30. The molecule has 0 aliphatic carbocycles. The van der Waals surface area contributed by atoms with Gasteiger partial charge in [0.1, 0.15) is 16.5 Å². The number of rotatable bonds is 8. The summed E-state index contributed by atoms with van der Waals surface area (Å²) in [5.41, 5.74) is 0.569. The van der Waals surface area contributed by atoms with Crippen LogP contribution in [0.5, 0.6) is 0 Å². The smallest absolute Gasteiger partial charge is 0.413 e. The van der Waals surface area contributed by atoms with E-state index >= 15 is 0 Å². The van der Waals surface area contributed by atoms with Crippen LogP contribution >= 0.6 is 11.6 Å². The molecule has 0 atom stereocenters. The first-order chi connectivity index (χ1) is 16.5. The molecule has 0 fully saturated rings. The summed E-state index contributed by atoms with van der Waals surface area (Å²) in [5.74, 6) is -0.864. The van der Waals surface area contributed by atoms with Crippen LogP contribution < -0.4 is 0 Å². The quantitative estimate of drug-likeness (QED) is 0.536. The van der Waals surface area contributed by atoms with Crippen molar-refractivity contribution in [1.82, 2.24) is 14.1 Å². The Morgan fingerprint density at radius 2 is 1.94 bits per heavy atom. The molecule has 2 aromatic rings. The van der Waals surface area contributed by atoms with Crippen LogP contribution in [0.15, 0.2) is 64.5 Å². The van der Waals surface area contributed by atoms with Crippen LogP contribution in [0.25, 0.3) is 0 Å². The summed E-state index contributed by atoms with van der Waals surface area (Å²) in [4.78, 5) is 30.1. The van der Waals surface area contributed by atoms with E-state index in [0.717, 1.165) is 9.21 Å². The number of hydrogen-bond acceptors (Lipinski definition) is 5. The van der Waals surface area contributed by atoms with Gasteiger partial charge in [0.15, 0.2) is 0 Å². The van der Waals surface area contributed by atoms with E-state index in [4.69, 9.17) is 11.6 Å². The van der Waals surface area contributed by atoms with E-state index in [2.05, 4.69) is 4.99 Å². The number of carboxylic acid groups (broad SMARTS) is 1. The molecule has 2 aromatic carbocycles. The van der Waals surface area contributed by atoms with Crippen molar-refractivity contribution in [3.05, 3.63) is 76.6 Å². The van der Waals surface area contributed by atoms with Gasteiger partial charge in [0.2, 0.25) is 15.9 Å². The minimum atomic E-state index is -3.84. The van der Waals surface area contributed by atoms with Gasteiger partial charge in [0.05, 0.1) is 18.1 Å². The van der Waals surface area contributed by atoms with Gasteiger partial charge in [-0.15, -0.1) is 0 Å². The van der Waals surface area contributed by atoms with Crippen molar-refractivity contribution >= 4 is 39.5 Å². The van der Waals surface area contributed by atoms with E-state index in [1.807, 2.05) is 0 Å². The van der Waals surface area contributed by atoms with Gasteiger partial charge < -0.3 is 10.0 Å². The summed E-state index contributed by atoms with van der Waals surface area (Å²) >= 11 is 5.99. The summed E-state index contributed by atoms with van der Waals surface area (Å²) < 4.78 is 41.0. The summed E-state index contributed by atoms with van der Waals surface area (Å²) in [5, 5.41) is 9.33. The number of carbonyl (C=O) groups is 2. The number of carbonyl (C=O) groups excluding carboxylic acids is 1. The highest BCUT2D eigenvalue weighted by atomic mass is 35.5. The molecule has 1 N–H and O–H groups in total. The maximum Gasteiger partial charge on any atom is 0.413 e. The van der Waals surface area contributed by atoms with Crippen LogP contribution in [0.2, 0.25) is 5.02 Å². The van der Waals surface area contributed by atoms with E-state index in [1.54, 1.807) is 18.2 Å². The molecule has 35 heavy (non-hydrogen) atoms. The van der Waals surface area contributed by atoms with E-state index in [9.17, 15) is 27.5 Å². The lowest BCUT2D eigenvalue weighted by Gasteiger charge is -2.18. The fraction of sp³-hybridized carbons (Fsp3) is 0.261. The van der Waals surface area contributed by atoms with Gasteiger partial charge in [-0.1, -0.05) is 41.9 Å². The number of halogens is 2. The molecular weight excluding hydrogens is 499 g/mol. The number of amides is 2. The first kappa shape index (κ1) is 26.3. The first-order valence-electron chi connectivity index (χ1n) is 10.5. The summed E-state index contributed by atoms with van der Waals surface area (Å²) in [6.45, 7) is 0.409. The maximum absolute atomic E-state index is 14.7. The number of likely N-dealkylation sites (N-methyl/N-ethyl adjacent to an activating group) is 2. The molecular formula is C23H24ClFN4O5S. The highest BCUT2D eigenvalue weighted by Gasteiger charge is 2.25. The summed E-state index contributed by atoms with van der Waals surface area (Å²) in [6, 6.07) is 10.3. The second-order valence-corrected chi connectivity index (χ2v) is 10.2. The van der Waals surface area contributed by atoms with Crippen molar-refractivity contribution in [2.75, 3.05) is 33.7 Å². The molecule has 1 aliphatic rings. The Morgan fingerprint density at radius 1 is 1.23 bits per heavy atom. The number of nitrogens with zero attached hydrogens (tertiary/aromatic N) is 4. The first-order valence-corrected chi connectivity index (χ1v) is 12.3. The molecule has 2 amide bonds. The Balaban J connectivity index is 1.61. The molecule has 9 nitrogen and oxygen atoms in total. The van der Waals surface area contributed by atoms with Crippen molar-refractivity contribution in [3.63, 3.8) is 0 Å². The highest BCUT2D eigenvalue weighted by molar-refractivity contribution is 7.89. The molecule has 0 saturated carbocycles. The van der Waals surface area contributed by atoms with Crippen LogP contribution in [0, 0.1) is 5.82 Å². The molecule has 3 rings (SSSR count). The Labute approximate surface area is 207 Å². The predicted molar refractivity (Wildman–Crippen MR) is 129 cm³/mol. The second-order valence-electron chi connectivity index (χ2n) is 7.76. The van der Waals surface area contributed by atoms with E-state index < -0.39 is 27.8 Å². The van der Waals surface area contributed by atoms with Gasteiger partial charge >= 0.3 is 6.09 Å². The normalized spacial score (nSPS) is 14.0. The third-order valence-electron chi connectivity index (χ3n) is 5.31. The SMILES string of the molecule is CN(Cc1ccc(C2=NCCN2C(=O)O)cc1F)C(=O)/C=C/CN(C)S(=O)(=O)c1ccccc1Cl. The van der Waals surface area contributed by atoms with E-state index in [0.29, 0.717) is 12.1 Å². The predicted octanol–water partition coefficient (Wildman–Crippen LogP) is 3.05. The van der Waals surface area contributed by atoms with Crippen LogP contribution in [-0.2, 0) is 21.4 Å². The Kier molecular flexibility index (Phi) is 8.26. The molecule has 0 bridgehead atoms. The second kappa shape index (κ2) is 11.0. The monoisotopic (exact) mass is 522 g/mol. The van der Waals surface area contributed by atoms with Crippen molar-refractivity contribution in [3.8, 4) is 0 Å². The molecule has 12 heteroatoms. The van der Waals surface area contributed by atoms with Crippen molar-refractivity contribution in [2.45, 2.75) is 11.4 Å². The zero-order valence-electron chi connectivity index (χ0n) is 19.1. The molecule has 186 valence electrons. The Hall–Kier alpha value is -3.28. The van der Waals surface area contributed by atoms with Crippen molar-refractivity contribution in [2.24, 2.45) is 4.99 Å². The zero-order valence-corrected chi connectivity index (χ0v) is 20.6. The van der Waals surface area contributed by atoms with Crippen molar-refractivity contribution in [1.29, 1.82) is 0 Å². The van der Waals surface area contributed by atoms with Crippen LogP contribution in [0.3, 0.4) is 0 Å². The lowest BCUT2D eigenvalue weighted by Crippen LogP contribution is -2.33. The molecule has 0 aromatic heterocycles. The van der Waals surface area contributed by atoms with Crippen molar-refractivity contribution < 1.29 is 27.5 Å². The zero-order chi connectivity index (χ0) is 25.8. The molecule has 0 unspecified atom stereocenters. The number of aliphatic imine (C=N–C) groups is 1. The molecule has 1 aliphatic heterocycles. The van der Waals surface area contributed by atoms with Gasteiger partial charge in [-0.05, 0) is 18.2 Å². The number of benzene rings is 2.